The van der Waals surface area contributed by atoms with Crippen LogP contribution in [0.1, 0.15) is 29.6 Å². The van der Waals surface area contributed by atoms with Crippen molar-refractivity contribution in [3.63, 3.8) is 0 Å². The van der Waals surface area contributed by atoms with E-state index in [0.717, 1.165) is 43.4 Å². The SMILES string of the molecule is O=C(CCN1C[C@@H]2C/C=C\C[C@H]1CN2c1ccc2ccccc2c1)c1csc2ccccc12.S.S. The largest absolute Gasteiger partial charge is 0.365 e. The lowest BCUT2D eigenvalue weighted by molar-refractivity contribution is 0.0928. The standard InChI is InChI=1S/C29H28N2OS.2H2S/c32-28(27-20-33-29-12-6-5-11-26(27)29)15-16-30-18-25-10-4-3-9-24(30)19-31(25)23-14-13-21-7-1-2-8-22(21)17-23;;/h1-8,11-14,17,20,24-25H,9-10,15-16,18-19H2;2*1H2/b4-3-;;/t24-,25-;;/m0../s1. The van der Waals surface area contributed by atoms with Gasteiger partial charge in [-0.05, 0) is 41.8 Å². The Kier molecular flexibility index (Phi) is 8.27. The summed E-state index contributed by atoms with van der Waals surface area (Å²) >= 11 is 1.67. The van der Waals surface area contributed by atoms with E-state index in [4.69, 9.17) is 0 Å². The van der Waals surface area contributed by atoms with Gasteiger partial charge in [0, 0.05) is 64.9 Å². The van der Waals surface area contributed by atoms with Crippen LogP contribution in [-0.2, 0) is 0 Å². The van der Waals surface area contributed by atoms with Crippen LogP contribution in [0.25, 0.3) is 20.9 Å². The number of ketones is 1. The van der Waals surface area contributed by atoms with Crippen molar-refractivity contribution in [2.24, 2.45) is 0 Å². The summed E-state index contributed by atoms with van der Waals surface area (Å²) in [5, 5.41) is 5.73. The number of carbonyl (C=O) groups is 1. The molecule has 0 unspecified atom stereocenters. The molecule has 3 nitrogen and oxygen atoms in total. The molecule has 35 heavy (non-hydrogen) atoms. The number of benzene rings is 3. The number of hydrogen-bond donors (Lipinski definition) is 0. The Morgan fingerprint density at radius 1 is 0.857 bits per heavy atom. The fourth-order valence-electron chi connectivity index (χ4n) is 5.46. The van der Waals surface area contributed by atoms with Crippen LogP contribution in [0.15, 0.2) is 84.3 Å². The van der Waals surface area contributed by atoms with Gasteiger partial charge in [-0.1, -0.05) is 60.7 Å². The summed E-state index contributed by atoms with van der Waals surface area (Å²) in [6.45, 7) is 2.87. The summed E-state index contributed by atoms with van der Waals surface area (Å²) < 4.78 is 1.20. The van der Waals surface area contributed by atoms with Crippen LogP contribution < -0.4 is 4.90 Å². The number of nitrogens with zero attached hydrogens (tertiary/aromatic N) is 2. The molecule has 1 saturated heterocycles. The Bertz CT molecular complexity index is 1350. The molecule has 0 amide bonds. The van der Waals surface area contributed by atoms with Crippen molar-refractivity contribution in [1.29, 1.82) is 0 Å². The maximum atomic E-state index is 13.1. The number of thiophene rings is 1. The number of fused-ring (bicyclic) bond motifs is 6. The highest BCUT2D eigenvalue weighted by molar-refractivity contribution is 7.59. The normalized spacial score (nSPS) is 20.6. The molecule has 6 heteroatoms. The van der Waals surface area contributed by atoms with Crippen LogP contribution >= 0.6 is 38.3 Å². The van der Waals surface area contributed by atoms with Gasteiger partial charge < -0.3 is 4.90 Å². The fourth-order valence-corrected chi connectivity index (χ4v) is 6.43. The quantitative estimate of drug-likeness (QED) is 0.214. The second kappa shape index (κ2) is 11.2. The van der Waals surface area contributed by atoms with Crippen molar-refractivity contribution in [1.82, 2.24) is 4.90 Å². The summed E-state index contributed by atoms with van der Waals surface area (Å²) in [5.41, 5.74) is 2.21. The molecule has 0 saturated carbocycles. The van der Waals surface area contributed by atoms with E-state index >= 15 is 0 Å². The van der Waals surface area contributed by atoms with Crippen molar-refractivity contribution in [2.75, 3.05) is 24.5 Å². The highest BCUT2D eigenvalue weighted by Crippen LogP contribution is 2.31. The molecule has 2 bridgehead atoms. The molecule has 4 aromatic rings. The smallest absolute Gasteiger partial charge is 0.165 e. The molecular formula is C29H32N2OS3. The van der Waals surface area contributed by atoms with E-state index < -0.39 is 0 Å². The van der Waals surface area contributed by atoms with Crippen LogP contribution in [0.2, 0.25) is 0 Å². The third-order valence-electron chi connectivity index (χ3n) is 7.27. The molecule has 2 atom stereocenters. The first-order valence-electron chi connectivity index (χ1n) is 11.9. The van der Waals surface area contributed by atoms with Crippen molar-refractivity contribution in [2.45, 2.75) is 31.3 Å². The zero-order chi connectivity index (χ0) is 22.2. The Morgan fingerprint density at radius 2 is 1.60 bits per heavy atom. The maximum Gasteiger partial charge on any atom is 0.165 e. The maximum absolute atomic E-state index is 13.1. The highest BCUT2D eigenvalue weighted by atomic mass is 32.1. The molecule has 182 valence electrons. The highest BCUT2D eigenvalue weighted by Gasteiger charge is 2.34. The second-order valence-electron chi connectivity index (χ2n) is 9.25. The lowest BCUT2D eigenvalue weighted by Gasteiger charge is -2.48. The van der Waals surface area contributed by atoms with Crippen LogP contribution in [0.3, 0.4) is 0 Å². The van der Waals surface area contributed by atoms with Gasteiger partial charge in [0.1, 0.15) is 0 Å². The zero-order valence-corrected chi connectivity index (χ0v) is 22.5. The number of rotatable bonds is 5. The Labute approximate surface area is 225 Å². The van der Waals surface area contributed by atoms with Crippen molar-refractivity contribution in [3.8, 4) is 0 Å². The van der Waals surface area contributed by atoms with Crippen LogP contribution in [-0.4, -0.2) is 42.4 Å². The number of carbonyl (C=O) groups excluding carboxylic acids is 1. The van der Waals surface area contributed by atoms with Crippen LogP contribution in [0, 0.1) is 0 Å². The van der Waals surface area contributed by atoms with E-state index in [1.54, 1.807) is 11.3 Å². The first-order valence-corrected chi connectivity index (χ1v) is 12.8. The fraction of sp³-hybridized carbons (Fsp3) is 0.276. The van der Waals surface area contributed by atoms with Gasteiger partial charge in [0.2, 0.25) is 0 Å². The molecule has 1 fully saturated rings. The molecule has 1 aromatic heterocycles. The molecule has 0 aliphatic carbocycles. The summed E-state index contributed by atoms with van der Waals surface area (Å²) in [4.78, 5) is 18.3. The lowest BCUT2D eigenvalue weighted by atomic mass is 9.95. The number of anilines is 1. The third-order valence-corrected chi connectivity index (χ3v) is 8.23. The number of hydrogen-bond acceptors (Lipinski definition) is 4. The summed E-state index contributed by atoms with van der Waals surface area (Å²) in [7, 11) is 0. The molecule has 0 N–H and O–H groups in total. The predicted molar refractivity (Wildman–Crippen MR) is 160 cm³/mol. The summed E-state index contributed by atoms with van der Waals surface area (Å²) in [6, 6.07) is 24.6. The van der Waals surface area contributed by atoms with Gasteiger partial charge >= 0.3 is 0 Å². The van der Waals surface area contributed by atoms with E-state index in [0.29, 0.717) is 18.5 Å². The van der Waals surface area contributed by atoms with Gasteiger partial charge in [0.05, 0.1) is 0 Å². The van der Waals surface area contributed by atoms with E-state index in [2.05, 4.69) is 76.5 Å². The minimum Gasteiger partial charge on any atom is -0.365 e. The molecule has 3 aromatic carbocycles. The average molecular weight is 521 g/mol. The first kappa shape index (κ1) is 25.8. The summed E-state index contributed by atoms with van der Waals surface area (Å²) in [5.74, 6) is 0.271. The zero-order valence-electron chi connectivity index (χ0n) is 19.7. The number of piperazine rings is 1. The molecular weight excluding hydrogens is 489 g/mol. The van der Waals surface area contributed by atoms with Crippen molar-refractivity contribution in [3.05, 3.63) is 89.8 Å². The molecule has 0 spiro atoms. The minimum atomic E-state index is 0. The Hall–Kier alpha value is -2.25. The van der Waals surface area contributed by atoms with E-state index in [1.165, 1.54) is 21.2 Å². The Morgan fingerprint density at radius 3 is 2.46 bits per heavy atom. The molecule has 7 rings (SSSR count). The van der Waals surface area contributed by atoms with Gasteiger partial charge in [0.15, 0.2) is 5.78 Å². The van der Waals surface area contributed by atoms with Crippen LogP contribution in [0.5, 0.6) is 0 Å². The summed E-state index contributed by atoms with van der Waals surface area (Å²) in [6.07, 6.45) is 7.38. The minimum absolute atomic E-state index is 0. The number of Topliss-reactive ketones (excluding diaryl/α,β-unsaturated/α-hetero) is 1. The molecule has 4 heterocycles. The molecule has 0 radical (unpaired) electrons. The molecule has 3 aliphatic heterocycles. The second-order valence-corrected chi connectivity index (χ2v) is 10.2. The Balaban J connectivity index is 0.00000144. The van der Waals surface area contributed by atoms with Gasteiger partial charge in [-0.15, -0.1) is 11.3 Å². The van der Waals surface area contributed by atoms with Crippen molar-refractivity contribution >= 4 is 70.7 Å². The van der Waals surface area contributed by atoms with Gasteiger partial charge in [-0.3, -0.25) is 9.69 Å². The van der Waals surface area contributed by atoms with E-state index in [-0.39, 0.29) is 32.8 Å². The van der Waals surface area contributed by atoms with E-state index in [9.17, 15) is 4.79 Å². The third kappa shape index (κ3) is 5.17. The van der Waals surface area contributed by atoms with Gasteiger partial charge in [-0.25, -0.2) is 0 Å². The van der Waals surface area contributed by atoms with Crippen molar-refractivity contribution < 1.29 is 4.79 Å². The monoisotopic (exact) mass is 520 g/mol. The lowest BCUT2D eigenvalue weighted by Crippen LogP contribution is -2.59. The average Bonchev–Trinajstić information content (AvgIpc) is 3.27. The molecule has 3 aliphatic rings. The first-order chi connectivity index (χ1) is 16.3. The topological polar surface area (TPSA) is 23.6 Å². The van der Waals surface area contributed by atoms with Gasteiger partial charge in [-0.2, -0.15) is 27.0 Å². The predicted octanol–water partition coefficient (Wildman–Crippen LogP) is 6.76. The van der Waals surface area contributed by atoms with Crippen LogP contribution in [0.4, 0.5) is 5.69 Å². The van der Waals surface area contributed by atoms with E-state index in [1.807, 2.05) is 17.5 Å². The van der Waals surface area contributed by atoms with Gasteiger partial charge in [0.25, 0.3) is 0 Å².